The first kappa shape index (κ1) is 24.9. The Morgan fingerprint density at radius 2 is 0.833 bits per heavy atom. The molecule has 0 bridgehead atoms. The molecule has 4 heteroatoms. The van der Waals surface area contributed by atoms with Gasteiger partial charge in [0.2, 0.25) is 0 Å². The van der Waals surface area contributed by atoms with Crippen LogP contribution in [0.3, 0.4) is 0 Å². The van der Waals surface area contributed by atoms with Gasteiger partial charge in [0.1, 0.15) is 0 Å². The minimum Gasteiger partial charge on any atom is -0.378 e. The lowest BCUT2D eigenvalue weighted by Crippen LogP contribution is -2.33. The molecule has 0 amide bonds. The molecule has 0 aliphatic heterocycles. The Balaban J connectivity index is 1.27. The van der Waals surface area contributed by atoms with Crippen LogP contribution >= 0.6 is 0 Å². The Kier molecular flexibility index (Phi) is 8.30. The van der Waals surface area contributed by atoms with Crippen molar-refractivity contribution in [2.24, 2.45) is 0 Å². The lowest BCUT2D eigenvalue weighted by Gasteiger charge is -2.11. The summed E-state index contributed by atoms with van der Waals surface area (Å²) in [5.74, 6) is 0. The van der Waals surface area contributed by atoms with E-state index in [-0.39, 0.29) is 0 Å². The smallest absolute Gasteiger partial charge is 0.173 e. The zero-order chi connectivity index (χ0) is 25.3. The predicted molar refractivity (Wildman–Crippen MR) is 151 cm³/mol. The molecule has 36 heavy (non-hydrogen) atoms. The van der Waals surface area contributed by atoms with Gasteiger partial charge < -0.3 is 9.80 Å². The summed E-state index contributed by atoms with van der Waals surface area (Å²) in [5.41, 5.74) is 7.40. The van der Waals surface area contributed by atoms with E-state index >= 15 is 0 Å². The van der Waals surface area contributed by atoms with Crippen molar-refractivity contribution in [1.29, 1.82) is 0 Å². The zero-order valence-electron chi connectivity index (χ0n) is 21.8. The van der Waals surface area contributed by atoms with Gasteiger partial charge in [0, 0.05) is 75.0 Å². The maximum Gasteiger partial charge on any atom is 0.173 e. The van der Waals surface area contributed by atoms with Crippen molar-refractivity contribution >= 4 is 23.5 Å². The Hall–Kier alpha value is -4.18. The van der Waals surface area contributed by atoms with E-state index in [0.29, 0.717) is 0 Å². The monoisotopic (exact) mass is 476 g/mol. The van der Waals surface area contributed by atoms with E-state index in [1.54, 1.807) is 0 Å². The van der Waals surface area contributed by atoms with Crippen molar-refractivity contribution in [3.05, 3.63) is 132 Å². The first-order valence-corrected chi connectivity index (χ1v) is 12.3. The minimum absolute atomic E-state index is 0.868. The molecule has 0 saturated carbocycles. The number of benzene rings is 2. The lowest BCUT2D eigenvalue weighted by atomic mass is 10.2. The predicted octanol–water partition coefficient (Wildman–Crippen LogP) is 5.22. The average Bonchev–Trinajstić information content (AvgIpc) is 2.89. The molecule has 2 aromatic carbocycles. The van der Waals surface area contributed by atoms with Gasteiger partial charge in [-0.3, -0.25) is 0 Å². The number of anilines is 2. The zero-order valence-corrected chi connectivity index (χ0v) is 21.8. The van der Waals surface area contributed by atoms with Gasteiger partial charge in [-0.15, -0.1) is 0 Å². The first-order chi connectivity index (χ1) is 17.5. The van der Waals surface area contributed by atoms with Gasteiger partial charge in [0.15, 0.2) is 37.9 Å². The summed E-state index contributed by atoms with van der Waals surface area (Å²) in [7, 11) is 8.25. The summed E-state index contributed by atoms with van der Waals surface area (Å²) in [4.78, 5) is 4.24. The highest BCUT2D eigenvalue weighted by Gasteiger charge is 2.04. The number of aromatic nitrogens is 2. The Labute approximate surface area is 215 Å². The SMILES string of the molecule is CN(C)c1ccc(C[n+]2ccc(C=CC=Cc3cc[n+](Cc4ccc(N(C)C)cc4)cc3)cc2)cc1. The van der Waals surface area contributed by atoms with Crippen LogP contribution in [0.2, 0.25) is 0 Å². The maximum atomic E-state index is 2.20. The lowest BCUT2D eigenvalue weighted by molar-refractivity contribution is -0.688. The van der Waals surface area contributed by atoms with E-state index in [1.165, 1.54) is 33.6 Å². The number of rotatable bonds is 9. The molecule has 0 N–H and O–H groups in total. The summed E-state index contributed by atoms with van der Waals surface area (Å²) in [6.07, 6.45) is 17.0. The molecule has 0 aliphatic carbocycles. The second-order valence-corrected chi connectivity index (χ2v) is 9.45. The van der Waals surface area contributed by atoms with Crippen LogP contribution in [-0.2, 0) is 13.1 Å². The van der Waals surface area contributed by atoms with Gasteiger partial charge in [-0.2, -0.15) is 0 Å². The molecule has 182 valence electrons. The van der Waals surface area contributed by atoms with Gasteiger partial charge in [-0.05, 0) is 35.4 Å². The summed E-state index contributed by atoms with van der Waals surface area (Å²) >= 11 is 0. The molecule has 0 spiro atoms. The second-order valence-electron chi connectivity index (χ2n) is 9.45. The van der Waals surface area contributed by atoms with E-state index in [9.17, 15) is 0 Å². The molecule has 4 nitrogen and oxygen atoms in total. The molecule has 2 aromatic heterocycles. The number of hydrogen-bond acceptors (Lipinski definition) is 2. The standard InChI is InChI=1S/C32H36N4/c1-33(2)31-13-9-29(10-14-31)25-35-21-17-27(18-22-35)7-5-6-8-28-19-23-36(24-20-28)26-30-11-15-32(16-12-30)34(3)4/h5-24H,25-26H2,1-4H3/q+2. The molecule has 4 aromatic rings. The highest BCUT2D eigenvalue weighted by atomic mass is 15.1. The first-order valence-electron chi connectivity index (χ1n) is 12.3. The average molecular weight is 477 g/mol. The summed E-state index contributed by atoms with van der Waals surface area (Å²) in [6.45, 7) is 1.74. The maximum absolute atomic E-state index is 2.20. The van der Waals surface area contributed by atoms with Crippen molar-refractivity contribution in [1.82, 2.24) is 0 Å². The third kappa shape index (κ3) is 7.16. The molecule has 0 atom stereocenters. The van der Waals surface area contributed by atoms with Crippen LogP contribution < -0.4 is 18.9 Å². The molecule has 0 radical (unpaired) electrons. The van der Waals surface area contributed by atoms with E-state index < -0.39 is 0 Å². The molecule has 2 heterocycles. The third-order valence-electron chi connectivity index (χ3n) is 6.16. The van der Waals surface area contributed by atoms with Crippen molar-refractivity contribution < 1.29 is 9.13 Å². The van der Waals surface area contributed by atoms with E-state index in [0.717, 1.165) is 13.1 Å². The highest BCUT2D eigenvalue weighted by molar-refractivity contribution is 5.56. The molecule has 4 rings (SSSR count). The topological polar surface area (TPSA) is 14.2 Å². The van der Waals surface area contributed by atoms with Crippen molar-refractivity contribution in [2.45, 2.75) is 13.1 Å². The van der Waals surface area contributed by atoms with Crippen LogP contribution in [0.15, 0.2) is 110 Å². The van der Waals surface area contributed by atoms with Gasteiger partial charge in [0.05, 0.1) is 0 Å². The van der Waals surface area contributed by atoms with E-state index in [2.05, 4.69) is 169 Å². The van der Waals surface area contributed by atoms with Crippen LogP contribution in [0.4, 0.5) is 11.4 Å². The van der Waals surface area contributed by atoms with E-state index in [1.807, 2.05) is 0 Å². The fourth-order valence-electron chi connectivity index (χ4n) is 3.92. The van der Waals surface area contributed by atoms with Crippen molar-refractivity contribution in [3.8, 4) is 0 Å². The number of allylic oxidation sites excluding steroid dienone is 2. The quantitative estimate of drug-likeness (QED) is 0.243. The molecule has 0 saturated heterocycles. The normalized spacial score (nSPS) is 11.3. The number of pyridine rings is 2. The van der Waals surface area contributed by atoms with Crippen LogP contribution in [0, 0.1) is 0 Å². The third-order valence-corrected chi connectivity index (χ3v) is 6.16. The highest BCUT2D eigenvalue weighted by Crippen LogP contribution is 2.13. The van der Waals surface area contributed by atoms with Gasteiger partial charge in [-0.1, -0.05) is 48.6 Å². The molecule has 0 unspecified atom stereocenters. The fraction of sp³-hybridized carbons (Fsp3) is 0.188. The summed E-state index contributed by atoms with van der Waals surface area (Å²) in [6, 6.07) is 26.0. The Bertz CT molecular complexity index is 1180. The number of nitrogens with zero attached hydrogens (tertiary/aromatic N) is 4. The molecule has 0 aliphatic rings. The largest absolute Gasteiger partial charge is 0.378 e. The fourth-order valence-corrected chi connectivity index (χ4v) is 3.92. The van der Waals surface area contributed by atoms with Gasteiger partial charge in [-0.25, -0.2) is 9.13 Å². The van der Waals surface area contributed by atoms with Crippen LogP contribution in [-0.4, -0.2) is 28.2 Å². The second kappa shape index (κ2) is 12.0. The van der Waals surface area contributed by atoms with Crippen molar-refractivity contribution in [3.63, 3.8) is 0 Å². The van der Waals surface area contributed by atoms with Crippen LogP contribution in [0.25, 0.3) is 12.2 Å². The number of hydrogen-bond donors (Lipinski definition) is 0. The van der Waals surface area contributed by atoms with Crippen LogP contribution in [0.5, 0.6) is 0 Å². The summed E-state index contributed by atoms with van der Waals surface area (Å²) < 4.78 is 4.40. The van der Waals surface area contributed by atoms with Crippen molar-refractivity contribution in [2.75, 3.05) is 38.0 Å². The van der Waals surface area contributed by atoms with Crippen LogP contribution in [0.1, 0.15) is 22.3 Å². The summed E-state index contributed by atoms with van der Waals surface area (Å²) in [5, 5.41) is 0. The minimum atomic E-state index is 0.868. The molecular formula is C32H36N4+2. The Morgan fingerprint density at radius 3 is 1.14 bits per heavy atom. The van der Waals surface area contributed by atoms with Gasteiger partial charge >= 0.3 is 0 Å². The van der Waals surface area contributed by atoms with Gasteiger partial charge in [0.25, 0.3) is 0 Å². The Morgan fingerprint density at radius 1 is 0.500 bits per heavy atom. The molecular weight excluding hydrogens is 440 g/mol. The van der Waals surface area contributed by atoms with E-state index in [4.69, 9.17) is 0 Å². The molecule has 0 fully saturated rings.